The van der Waals surface area contributed by atoms with Crippen LogP contribution >= 0.6 is 0 Å². The van der Waals surface area contributed by atoms with Gasteiger partial charge in [-0.15, -0.1) is 0 Å². The van der Waals surface area contributed by atoms with Crippen LogP contribution in [0.3, 0.4) is 0 Å². The van der Waals surface area contributed by atoms with Crippen LogP contribution in [-0.4, -0.2) is 35.5 Å². The highest BCUT2D eigenvalue weighted by Gasteiger charge is 2.25. The Balaban J connectivity index is 0. The molecule has 0 heterocycles. The minimum atomic E-state index is -0.789. The summed E-state index contributed by atoms with van der Waals surface area (Å²) in [7, 11) is 0. The summed E-state index contributed by atoms with van der Waals surface area (Å²) in [4.78, 5) is 11.9. The summed E-state index contributed by atoms with van der Waals surface area (Å²) >= 11 is 0. The summed E-state index contributed by atoms with van der Waals surface area (Å²) in [5, 5.41) is 17.8. The zero-order valence-corrected chi connectivity index (χ0v) is 11.3. The quantitative estimate of drug-likeness (QED) is 0.658. The molecule has 1 atom stereocenters. The smallest absolute Gasteiger partial charge is 0.309 e. The zero-order chi connectivity index (χ0) is 13.4. The average molecular weight is 262 g/mol. The minimum absolute atomic E-state index is 0. The van der Waals surface area contributed by atoms with Crippen LogP contribution in [0.25, 0.3) is 0 Å². The molecule has 0 aromatic heterocycles. The van der Waals surface area contributed by atoms with Gasteiger partial charge in [-0.05, 0) is 18.3 Å². The standard InChI is InChI=1S/C13H26O4.CH4/c1-9(2)5-6-12(10(3)4)13(16)17-11(7-14)8-15;/h9-12,14-15H,5-8H2,1-4H3;1H4. The Hall–Kier alpha value is -0.610. The second-order valence-electron chi connectivity index (χ2n) is 5.25. The maximum atomic E-state index is 11.9. The molecule has 0 rings (SSSR count). The van der Waals surface area contributed by atoms with Crippen LogP contribution < -0.4 is 0 Å². The van der Waals surface area contributed by atoms with Gasteiger partial charge in [0.05, 0.1) is 19.1 Å². The maximum Gasteiger partial charge on any atom is 0.309 e. The van der Waals surface area contributed by atoms with E-state index in [2.05, 4.69) is 13.8 Å². The van der Waals surface area contributed by atoms with Crippen molar-refractivity contribution in [3.63, 3.8) is 0 Å². The third kappa shape index (κ3) is 7.67. The van der Waals surface area contributed by atoms with Crippen molar-refractivity contribution >= 4 is 5.97 Å². The van der Waals surface area contributed by atoms with Gasteiger partial charge in [0, 0.05) is 0 Å². The van der Waals surface area contributed by atoms with E-state index in [0.717, 1.165) is 12.8 Å². The first-order chi connectivity index (χ1) is 7.92. The molecular formula is C14H30O4. The fraction of sp³-hybridized carbons (Fsp3) is 0.929. The molecule has 0 amide bonds. The predicted molar refractivity (Wildman–Crippen MR) is 73.2 cm³/mol. The number of carbonyl (C=O) groups excluding carboxylic acids is 1. The fourth-order valence-electron chi connectivity index (χ4n) is 1.62. The van der Waals surface area contributed by atoms with Crippen LogP contribution in [0.5, 0.6) is 0 Å². The lowest BCUT2D eigenvalue weighted by molar-refractivity contribution is -0.160. The van der Waals surface area contributed by atoms with Gasteiger partial charge in [0.2, 0.25) is 0 Å². The van der Waals surface area contributed by atoms with E-state index in [1.165, 1.54) is 0 Å². The van der Waals surface area contributed by atoms with Crippen molar-refractivity contribution in [2.24, 2.45) is 17.8 Å². The Kier molecular flexibility index (Phi) is 11.3. The number of carbonyl (C=O) groups is 1. The SMILES string of the molecule is C.CC(C)CCC(C(=O)OC(CO)CO)C(C)C. The summed E-state index contributed by atoms with van der Waals surface area (Å²) in [5.74, 6) is 0.293. The molecule has 0 saturated carbocycles. The van der Waals surface area contributed by atoms with Gasteiger partial charge in [-0.25, -0.2) is 0 Å². The molecule has 0 aromatic carbocycles. The van der Waals surface area contributed by atoms with Crippen molar-refractivity contribution in [2.75, 3.05) is 13.2 Å². The Morgan fingerprint density at radius 3 is 1.89 bits per heavy atom. The molecule has 0 aromatic rings. The number of hydrogen-bond acceptors (Lipinski definition) is 4. The van der Waals surface area contributed by atoms with E-state index in [-0.39, 0.29) is 38.4 Å². The predicted octanol–water partition coefficient (Wildman–Crippen LogP) is 2.23. The van der Waals surface area contributed by atoms with Gasteiger partial charge in [-0.2, -0.15) is 0 Å². The molecule has 110 valence electrons. The number of aliphatic hydroxyl groups is 2. The molecule has 2 N–H and O–H groups in total. The van der Waals surface area contributed by atoms with Crippen molar-refractivity contribution in [3.8, 4) is 0 Å². The van der Waals surface area contributed by atoms with Gasteiger partial charge >= 0.3 is 5.97 Å². The van der Waals surface area contributed by atoms with Gasteiger partial charge in [0.25, 0.3) is 0 Å². The molecule has 18 heavy (non-hydrogen) atoms. The van der Waals surface area contributed by atoms with Crippen LogP contribution in [0.4, 0.5) is 0 Å². The molecule has 1 unspecified atom stereocenters. The van der Waals surface area contributed by atoms with Crippen molar-refractivity contribution in [1.29, 1.82) is 0 Å². The minimum Gasteiger partial charge on any atom is -0.457 e. The van der Waals surface area contributed by atoms with Crippen LogP contribution in [0, 0.1) is 17.8 Å². The molecule has 4 heteroatoms. The normalized spacial score (nSPS) is 12.7. The van der Waals surface area contributed by atoms with Gasteiger partial charge in [-0.1, -0.05) is 41.5 Å². The second kappa shape index (κ2) is 10.3. The topological polar surface area (TPSA) is 66.8 Å². The lowest BCUT2D eigenvalue weighted by Gasteiger charge is -2.22. The number of hydrogen-bond donors (Lipinski definition) is 2. The van der Waals surface area contributed by atoms with Crippen LogP contribution in [0.1, 0.15) is 48.0 Å². The second-order valence-corrected chi connectivity index (χ2v) is 5.25. The Morgan fingerprint density at radius 2 is 1.56 bits per heavy atom. The maximum absolute atomic E-state index is 11.9. The van der Waals surface area contributed by atoms with E-state index in [1.807, 2.05) is 13.8 Å². The molecule has 0 bridgehead atoms. The third-order valence-corrected chi connectivity index (χ3v) is 2.85. The molecule has 0 aliphatic heterocycles. The highest BCUT2D eigenvalue weighted by molar-refractivity contribution is 5.72. The van der Waals surface area contributed by atoms with Gasteiger partial charge in [-0.3, -0.25) is 4.79 Å². The van der Waals surface area contributed by atoms with Crippen LogP contribution in [0.2, 0.25) is 0 Å². The van der Waals surface area contributed by atoms with Gasteiger partial charge < -0.3 is 14.9 Å². The monoisotopic (exact) mass is 262 g/mol. The number of ether oxygens (including phenoxy) is 1. The van der Waals surface area contributed by atoms with Gasteiger partial charge in [0.1, 0.15) is 6.10 Å². The van der Waals surface area contributed by atoms with Crippen molar-refractivity contribution < 1.29 is 19.7 Å². The molecule has 4 nitrogen and oxygen atoms in total. The summed E-state index contributed by atoms with van der Waals surface area (Å²) in [6, 6.07) is 0. The zero-order valence-electron chi connectivity index (χ0n) is 11.3. The molecule has 0 aliphatic rings. The highest BCUT2D eigenvalue weighted by atomic mass is 16.6. The van der Waals surface area contributed by atoms with E-state index in [0.29, 0.717) is 5.92 Å². The first-order valence-corrected chi connectivity index (χ1v) is 6.34. The summed E-state index contributed by atoms with van der Waals surface area (Å²) in [6.07, 6.45) is 0.973. The van der Waals surface area contributed by atoms with E-state index in [9.17, 15) is 4.79 Å². The first-order valence-electron chi connectivity index (χ1n) is 6.34. The van der Waals surface area contributed by atoms with E-state index >= 15 is 0 Å². The van der Waals surface area contributed by atoms with Crippen molar-refractivity contribution in [1.82, 2.24) is 0 Å². The molecule has 0 saturated heterocycles. The number of rotatable bonds is 8. The Bertz CT molecular complexity index is 210. The van der Waals surface area contributed by atoms with Crippen molar-refractivity contribution in [3.05, 3.63) is 0 Å². The number of aliphatic hydroxyl groups excluding tert-OH is 2. The molecule has 0 spiro atoms. The molecule has 0 aliphatic carbocycles. The first kappa shape index (κ1) is 19.7. The Labute approximate surface area is 111 Å². The van der Waals surface area contributed by atoms with Crippen LogP contribution in [-0.2, 0) is 9.53 Å². The summed E-state index contributed by atoms with van der Waals surface area (Å²) in [5.41, 5.74) is 0. The lowest BCUT2D eigenvalue weighted by Crippen LogP contribution is -2.31. The largest absolute Gasteiger partial charge is 0.457 e. The fourth-order valence-corrected chi connectivity index (χ4v) is 1.62. The Morgan fingerprint density at radius 1 is 1.06 bits per heavy atom. The van der Waals surface area contributed by atoms with E-state index in [1.54, 1.807) is 0 Å². The van der Waals surface area contributed by atoms with Crippen molar-refractivity contribution in [2.45, 2.75) is 54.1 Å². The van der Waals surface area contributed by atoms with E-state index < -0.39 is 6.10 Å². The van der Waals surface area contributed by atoms with E-state index in [4.69, 9.17) is 14.9 Å². The third-order valence-electron chi connectivity index (χ3n) is 2.85. The van der Waals surface area contributed by atoms with Gasteiger partial charge in [0.15, 0.2) is 0 Å². The molecule has 0 fully saturated rings. The average Bonchev–Trinajstić information content (AvgIpc) is 2.25. The molecule has 0 radical (unpaired) electrons. The molecular weight excluding hydrogens is 232 g/mol. The summed E-state index contributed by atoms with van der Waals surface area (Å²) in [6.45, 7) is 7.53. The number of esters is 1. The highest BCUT2D eigenvalue weighted by Crippen LogP contribution is 2.22. The lowest BCUT2D eigenvalue weighted by atomic mass is 9.89. The van der Waals surface area contributed by atoms with Crippen LogP contribution in [0.15, 0.2) is 0 Å². The summed E-state index contributed by atoms with van der Waals surface area (Å²) < 4.78 is 5.07.